The number of aliphatic carboxylic acids is 1. The quantitative estimate of drug-likeness (QED) is 0.506. The van der Waals surface area contributed by atoms with Gasteiger partial charge in [0, 0.05) is 11.8 Å². The van der Waals surface area contributed by atoms with E-state index in [1.165, 1.54) is 17.6 Å². The molecule has 0 atom stereocenters. The number of fused-ring (bicyclic) bond motifs is 1. The molecule has 4 aromatic rings. The van der Waals surface area contributed by atoms with Crippen molar-refractivity contribution in [1.29, 1.82) is 0 Å². The Morgan fingerprint density at radius 2 is 2.00 bits per heavy atom. The monoisotopic (exact) mass is 394 g/mol. The normalized spacial score (nSPS) is 10.7. The number of benzene rings is 2. The highest BCUT2D eigenvalue weighted by Gasteiger charge is 2.15. The highest BCUT2D eigenvalue weighted by Crippen LogP contribution is 2.37. The molecule has 28 heavy (non-hydrogen) atoms. The minimum atomic E-state index is -1.10. The zero-order chi connectivity index (χ0) is 19.5. The molecule has 4 rings (SSSR count). The lowest BCUT2D eigenvalue weighted by atomic mass is 10.2. The number of carboxylic acids is 1. The summed E-state index contributed by atoms with van der Waals surface area (Å²) in [6.45, 7) is -0.506. The molecular formula is C20H14N2O5S. The van der Waals surface area contributed by atoms with E-state index in [9.17, 15) is 9.59 Å². The summed E-state index contributed by atoms with van der Waals surface area (Å²) in [7, 11) is 0. The van der Waals surface area contributed by atoms with E-state index in [4.69, 9.17) is 14.3 Å². The molecule has 0 spiro atoms. The molecule has 0 aliphatic rings. The van der Waals surface area contributed by atoms with Gasteiger partial charge in [0.1, 0.15) is 10.8 Å². The molecule has 2 aromatic heterocycles. The molecule has 2 aromatic carbocycles. The van der Waals surface area contributed by atoms with Crippen LogP contribution in [0, 0.1) is 0 Å². The fraction of sp³-hybridized carbons (Fsp3) is 0.0500. The smallest absolute Gasteiger partial charge is 0.341 e. The van der Waals surface area contributed by atoms with E-state index < -0.39 is 18.5 Å². The van der Waals surface area contributed by atoms with E-state index in [1.54, 1.807) is 30.3 Å². The number of hydrogen-bond donors (Lipinski definition) is 2. The number of ether oxygens (including phenoxy) is 1. The van der Waals surface area contributed by atoms with E-state index in [1.807, 2.05) is 24.3 Å². The van der Waals surface area contributed by atoms with Crippen LogP contribution < -0.4 is 10.1 Å². The number of furan rings is 1. The number of carbonyl (C=O) groups is 2. The van der Waals surface area contributed by atoms with Gasteiger partial charge in [0.2, 0.25) is 0 Å². The Morgan fingerprint density at radius 1 is 1.14 bits per heavy atom. The van der Waals surface area contributed by atoms with Crippen LogP contribution in [0.2, 0.25) is 0 Å². The third kappa shape index (κ3) is 3.72. The lowest BCUT2D eigenvalue weighted by Crippen LogP contribution is -2.12. The van der Waals surface area contributed by atoms with E-state index in [2.05, 4.69) is 10.3 Å². The average Bonchev–Trinajstić information content (AvgIpc) is 3.36. The number of para-hydroxylation sites is 1. The van der Waals surface area contributed by atoms with Crippen LogP contribution in [0.4, 0.5) is 5.69 Å². The first-order chi connectivity index (χ1) is 13.6. The molecule has 1 amide bonds. The van der Waals surface area contributed by atoms with Crippen LogP contribution in [0.15, 0.2) is 65.3 Å². The zero-order valence-electron chi connectivity index (χ0n) is 14.4. The van der Waals surface area contributed by atoms with Crippen LogP contribution in [0.3, 0.4) is 0 Å². The lowest BCUT2D eigenvalue weighted by molar-refractivity contribution is -0.139. The molecule has 2 heterocycles. The van der Waals surface area contributed by atoms with Gasteiger partial charge >= 0.3 is 5.97 Å². The largest absolute Gasteiger partial charge is 0.481 e. The summed E-state index contributed by atoms with van der Waals surface area (Å²) in [5.41, 5.74) is 1.95. The molecule has 2 N–H and O–H groups in total. The Hall–Kier alpha value is -3.65. The maximum atomic E-state index is 12.2. The molecule has 0 saturated heterocycles. The second-order valence-electron chi connectivity index (χ2n) is 5.81. The topological polar surface area (TPSA) is 102 Å². The first-order valence-electron chi connectivity index (χ1n) is 8.29. The van der Waals surface area contributed by atoms with Gasteiger partial charge in [-0.25, -0.2) is 9.78 Å². The Kier molecular flexibility index (Phi) is 4.77. The first kappa shape index (κ1) is 17.7. The summed E-state index contributed by atoms with van der Waals surface area (Å²) in [5.74, 6) is -1.02. The van der Waals surface area contributed by atoms with Crippen molar-refractivity contribution in [2.75, 3.05) is 11.9 Å². The number of rotatable bonds is 6. The number of carboxylic acid groups (broad SMARTS) is 1. The molecule has 140 valence electrons. The summed E-state index contributed by atoms with van der Waals surface area (Å²) < 4.78 is 11.5. The number of anilines is 1. The van der Waals surface area contributed by atoms with Crippen LogP contribution in [-0.4, -0.2) is 28.6 Å². The van der Waals surface area contributed by atoms with Crippen molar-refractivity contribution >= 4 is 39.1 Å². The molecule has 8 heteroatoms. The summed E-state index contributed by atoms with van der Waals surface area (Å²) in [4.78, 5) is 27.7. The van der Waals surface area contributed by atoms with Crippen LogP contribution in [-0.2, 0) is 4.79 Å². The highest BCUT2D eigenvalue weighted by atomic mass is 32.1. The number of thiazole rings is 1. The molecular weight excluding hydrogens is 380 g/mol. The second-order valence-corrected chi connectivity index (χ2v) is 6.84. The van der Waals surface area contributed by atoms with Gasteiger partial charge in [0.25, 0.3) is 5.91 Å². The lowest BCUT2D eigenvalue weighted by Gasteiger charge is -2.11. The van der Waals surface area contributed by atoms with Crippen molar-refractivity contribution in [1.82, 2.24) is 4.98 Å². The maximum absolute atomic E-state index is 12.2. The van der Waals surface area contributed by atoms with E-state index in [-0.39, 0.29) is 5.76 Å². The van der Waals surface area contributed by atoms with Crippen molar-refractivity contribution in [2.24, 2.45) is 0 Å². The fourth-order valence-corrected chi connectivity index (χ4v) is 3.62. The van der Waals surface area contributed by atoms with Gasteiger partial charge in [-0.3, -0.25) is 4.79 Å². The maximum Gasteiger partial charge on any atom is 0.341 e. The summed E-state index contributed by atoms with van der Waals surface area (Å²) in [5, 5.41) is 12.4. The first-order valence-corrected chi connectivity index (χ1v) is 9.11. The number of aromatic nitrogens is 1. The Bertz CT molecular complexity index is 1120. The third-order valence-corrected chi connectivity index (χ3v) is 4.93. The number of carbonyl (C=O) groups excluding carboxylic acids is 1. The number of nitrogens with one attached hydrogen (secondary N) is 1. The van der Waals surface area contributed by atoms with Gasteiger partial charge in [-0.1, -0.05) is 12.1 Å². The van der Waals surface area contributed by atoms with E-state index >= 15 is 0 Å². The molecule has 0 aliphatic carbocycles. The predicted molar refractivity (Wildman–Crippen MR) is 105 cm³/mol. The Balaban J connectivity index is 1.68. The molecule has 0 radical (unpaired) electrons. The van der Waals surface area contributed by atoms with Crippen molar-refractivity contribution in [3.8, 4) is 16.3 Å². The van der Waals surface area contributed by atoms with Crippen molar-refractivity contribution < 1.29 is 23.8 Å². The SMILES string of the molecule is O=C(O)COc1cc(NC(=O)c2ccco2)ccc1-c1nc2ccccc2s1. The summed E-state index contributed by atoms with van der Waals surface area (Å²) >= 11 is 1.48. The van der Waals surface area contributed by atoms with Gasteiger partial charge in [-0.2, -0.15) is 0 Å². The minimum Gasteiger partial charge on any atom is -0.481 e. The molecule has 0 fully saturated rings. The summed E-state index contributed by atoms with van der Waals surface area (Å²) in [6, 6.07) is 15.9. The van der Waals surface area contributed by atoms with E-state index in [0.29, 0.717) is 22.0 Å². The van der Waals surface area contributed by atoms with Crippen LogP contribution >= 0.6 is 11.3 Å². The average molecular weight is 394 g/mol. The van der Waals surface area contributed by atoms with Gasteiger partial charge in [0.05, 0.1) is 22.0 Å². The van der Waals surface area contributed by atoms with Gasteiger partial charge in [-0.05, 0) is 36.4 Å². The van der Waals surface area contributed by atoms with Crippen LogP contribution in [0.25, 0.3) is 20.8 Å². The second kappa shape index (κ2) is 7.53. The zero-order valence-corrected chi connectivity index (χ0v) is 15.2. The molecule has 0 saturated carbocycles. The Labute approximate surface area is 163 Å². The summed E-state index contributed by atoms with van der Waals surface area (Å²) in [6.07, 6.45) is 1.41. The predicted octanol–water partition coefficient (Wildman–Crippen LogP) is 4.27. The number of hydrogen-bond acceptors (Lipinski definition) is 6. The fourth-order valence-electron chi connectivity index (χ4n) is 2.62. The minimum absolute atomic E-state index is 0.170. The van der Waals surface area contributed by atoms with Gasteiger partial charge in [0.15, 0.2) is 12.4 Å². The van der Waals surface area contributed by atoms with Gasteiger partial charge < -0.3 is 19.6 Å². The third-order valence-electron chi connectivity index (χ3n) is 3.86. The molecule has 0 aliphatic heterocycles. The van der Waals surface area contributed by atoms with Gasteiger partial charge in [-0.15, -0.1) is 11.3 Å². The van der Waals surface area contributed by atoms with Crippen molar-refractivity contribution in [2.45, 2.75) is 0 Å². The number of nitrogens with zero attached hydrogens (tertiary/aromatic N) is 1. The van der Waals surface area contributed by atoms with Crippen LogP contribution in [0.5, 0.6) is 5.75 Å². The standard InChI is InChI=1S/C20H14N2O5S/c23-18(24)11-27-16-10-12(21-19(25)15-5-3-9-26-15)7-8-13(16)20-22-14-4-1-2-6-17(14)28-20/h1-10H,11H2,(H,21,25)(H,23,24). The number of amides is 1. The van der Waals surface area contributed by atoms with Crippen LogP contribution in [0.1, 0.15) is 10.6 Å². The van der Waals surface area contributed by atoms with Crippen molar-refractivity contribution in [3.05, 3.63) is 66.6 Å². The highest BCUT2D eigenvalue weighted by molar-refractivity contribution is 7.21. The van der Waals surface area contributed by atoms with Crippen molar-refractivity contribution in [3.63, 3.8) is 0 Å². The molecule has 0 bridgehead atoms. The molecule has 0 unspecified atom stereocenters. The Morgan fingerprint density at radius 3 is 2.75 bits per heavy atom. The molecule has 7 nitrogen and oxygen atoms in total. The van der Waals surface area contributed by atoms with E-state index in [0.717, 1.165) is 10.2 Å².